The van der Waals surface area contributed by atoms with E-state index < -0.39 is 96.1 Å². The van der Waals surface area contributed by atoms with Crippen molar-refractivity contribution < 1.29 is 38.4 Å². The molecule has 0 unspecified atom stereocenters. The number of unbranched alkanes of at least 4 members (excludes halogenated alkanes) is 1. The van der Waals surface area contributed by atoms with Crippen LogP contribution in [0.5, 0.6) is 0 Å². The third-order valence-corrected chi connectivity index (χ3v) is 16.3. The number of fused-ring (bicyclic) bond motifs is 3. The monoisotopic (exact) mass is 1130 g/mol. The van der Waals surface area contributed by atoms with Gasteiger partial charge in [0, 0.05) is 60.3 Å². The van der Waals surface area contributed by atoms with E-state index in [1.165, 1.54) is 6.20 Å². The van der Waals surface area contributed by atoms with Gasteiger partial charge in [-0.15, -0.1) is 0 Å². The topological polar surface area (TPSA) is 328 Å². The summed E-state index contributed by atoms with van der Waals surface area (Å²) >= 11 is 0. The molecule has 5 aromatic carbocycles. The molecule has 22 heteroatoms. The molecule has 422 valence electrons. The maximum Gasteiger partial charge on any atom is 0.244 e. The summed E-state index contributed by atoms with van der Waals surface area (Å²) in [6, 6.07) is 28.7. The zero-order valence-electron chi connectivity index (χ0n) is 44.4. The molecule has 1 aliphatic heterocycles. The maximum atomic E-state index is 14.8. The number of aromatic nitrogens is 2. The molecular weight excluding hydrogens is 1070 g/mol. The average molecular weight is 1140 g/mol. The molecule has 8 amide bonds. The smallest absolute Gasteiger partial charge is 0.244 e. The highest BCUT2D eigenvalue weighted by atomic mass is 33.1. The number of pyridine rings is 1. The van der Waals surface area contributed by atoms with Gasteiger partial charge in [-0.05, 0) is 88.2 Å². The number of benzene rings is 5. The molecule has 20 nitrogen and oxygen atoms in total. The zero-order chi connectivity index (χ0) is 57.3. The van der Waals surface area contributed by atoms with E-state index in [1.807, 2.05) is 109 Å². The predicted molar refractivity (Wildman–Crippen MR) is 315 cm³/mol. The minimum Gasteiger partial charge on any atom is -0.368 e. The number of nitrogens with zero attached hydrogens (tertiary/aromatic N) is 1. The summed E-state index contributed by atoms with van der Waals surface area (Å²) in [6.45, 7) is -0.325. The van der Waals surface area contributed by atoms with E-state index in [2.05, 4.69) is 47.2 Å². The molecule has 14 N–H and O–H groups in total. The van der Waals surface area contributed by atoms with Crippen molar-refractivity contribution >= 4 is 101 Å². The van der Waals surface area contributed by atoms with Crippen LogP contribution in [0.25, 0.3) is 32.4 Å². The number of carbonyl (C=O) groups is 8. The largest absolute Gasteiger partial charge is 0.368 e. The Hall–Kier alpha value is -8.31. The van der Waals surface area contributed by atoms with E-state index in [1.54, 1.807) is 24.5 Å². The van der Waals surface area contributed by atoms with E-state index in [9.17, 15) is 38.4 Å². The molecule has 0 radical (unpaired) electrons. The normalized spacial score (nSPS) is 19.7. The van der Waals surface area contributed by atoms with E-state index in [-0.39, 0.29) is 43.6 Å². The first-order valence-electron chi connectivity index (χ1n) is 26.7. The molecule has 1 fully saturated rings. The van der Waals surface area contributed by atoms with Crippen molar-refractivity contribution in [3.05, 3.63) is 162 Å². The van der Waals surface area contributed by atoms with Crippen LogP contribution in [0.15, 0.2) is 140 Å². The van der Waals surface area contributed by atoms with Gasteiger partial charge in [0.1, 0.15) is 36.3 Å². The number of primary amides is 1. The summed E-state index contributed by atoms with van der Waals surface area (Å²) in [5.74, 6) is -6.33. The number of hydrogen-bond donors (Lipinski definition) is 11. The first-order valence-corrected chi connectivity index (χ1v) is 29.2. The third-order valence-electron chi connectivity index (χ3n) is 13.9. The summed E-state index contributed by atoms with van der Waals surface area (Å²) in [4.78, 5) is 121. The Morgan fingerprint density at radius 2 is 1.28 bits per heavy atom. The number of hydrogen-bond acceptors (Lipinski definition) is 13. The number of nitrogens with one attached hydrogen (secondary N) is 8. The van der Waals surface area contributed by atoms with Gasteiger partial charge < -0.3 is 59.4 Å². The van der Waals surface area contributed by atoms with Gasteiger partial charge in [-0.2, -0.15) is 0 Å². The Labute approximate surface area is 475 Å². The number of carbonyl (C=O) groups excluding carboxylic acids is 8. The van der Waals surface area contributed by atoms with Gasteiger partial charge in [0.2, 0.25) is 47.3 Å². The average Bonchev–Trinajstić information content (AvgIpc) is 4.02. The van der Waals surface area contributed by atoms with Gasteiger partial charge in [0.05, 0.1) is 12.6 Å². The molecule has 0 aliphatic carbocycles. The summed E-state index contributed by atoms with van der Waals surface area (Å²) in [5, 5.41) is 23.9. The van der Waals surface area contributed by atoms with Crippen LogP contribution in [-0.4, -0.2) is 124 Å². The Morgan fingerprint density at radius 3 is 1.96 bits per heavy atom. The number of amides is 8. The van der Waals surface area contributed by atoms with Gasteiger partial charge >= 0.3 is 0 Å². The lowest BCUT2D eigenvalue weighted by atomic mass is 10.0. The first-order chi connectivity index (χ1) is 39.2. The third kappa shape index (κ3) is 16.6. The Bertz CT molecular complexity index is 3380. The lowest BCUT2D eigenvalue weighted by Gasteiger charge is -2.27. The van der Waals surface area contributed by atoms with Crippen LogP contribution in [0, 0.1) is 0 Å². The van der Waals surface area contributed by atoms with Crippen molar-refractivity contribution in [3.8, 4) is 0 Å². The van der Waals surface area contributed by atoms with Crippen molar-refractivity contribution in [2.75, 3.05) is 24.6 Å². The predicted octanol–water partition coefficient (Wildman–Crippen LogP) is 2.50. The second-order valence-corrected chi connectivity index (χ2v) is 22.5. The lowest BCUT2D eigenvalue weighted by molar-refractivity contribution is -0.134. The van der Waals surface area contributed by atoms with Gasteiger partial charge in [0.25, 0.3) is 0 Å². The molecular formula is C59H66N12O8S2. The molecule has 0 bridgehead atoms. The van der Waals surface area contributed by atoms with Gasteiger partial charge in [-0.1, -0.05) is 131 Å². The van der Waals surface area contributed by atoms with Crippen molar-refractivity contribution in [2.24, 2.45) is 17.2 Å². The van der Waals surface area contributed by atoms with Crippen LogP contribution < -0.4 is 54.4 Å². The highest BCUT2D eigenvalue weighted by Gasteiger charge is 2.34. The molecule has 3 heterocycles. The van der Waals surface area contributed by atoms with E-state index >= 15 is 0 Å². The highest BCUT2D eigenvalue weighted by molar-refractivity contribution is 8.76. The van der Waals surface area contributed by atoms with Gasteiger partial charge in [-0.3, -0.25) is 43.3 Å². The fraction of sp³-hybridized carbons (Fsp3) is 0.305. The molecule has 1 aliphatic rings. The minimum atomic E-state index is -1.35. The summed E-state index contributed by atoms with van der Waals surface area (Å²) < 4.78 is 0. The SMILES string of the molecule is NCCCC[C@@H]1NC(=O)[C@@H](Cc2c[nH]c3ccccc23)NC(=O)[C@H](Cc2cccnc2)NC(=O)[C@H](NC(=O)[C@@H](N)Cc2ccc3ccccc3c2)CSSC[C@@H](C(=O)N[C@@H](Cc2ccc3ccccc3c2)C(N)=O)NC(=O)CNC1=O. The molecule has 81 heavy (non-hydrogen) atoms. The molecule has 8 rings (SSSR count). The highest BCUT2D eigenvalue weighted by Crippen LogP contribution is 2.25. The number of para-hydroxylation sites is 1. The second kappa shape index (κ2) is 28.7. The minimum absolute atomic E-state index is 0.0315. The van der Waals surface area contributed by atoms with Crippen LogP contribution in [0.3, 0.4) is 0 Å². The number of nitrogens with two attached hydrogens (primary N) is 3. The quantitative estimate of drug-likeness (QED) is 0.0462. The standard InChI is InChI=1S/C59H66N12O8S2/c60-22-8-7-17-46-55(75)65-32-52(72)66-50(58(78)68-47(53(62)73)27-36-19-21-39-12-2-4-14-41(39)25-36)33-80-81-34-51(71-54(74)44(61)26-35-18-20-38-11-1-3-13-40(38)24-35)59(79)69-48(28-37-10-9-23-63-30-37)56(76)70-49(57(77)67-46)29-42-31-64-45-16-6-5-15-43(42)45/h1-6,9-16,18-21,23-25,30-31,44,46-51,64H,7-8,17,22,26-29,32-34,60-61H2,(H2,62,73)(H,65,75)(H,66,72)(H,67,77)(H,68,78)(H,69,79)(H,70,76)(H,71,74)/t44-,46-,47-,48-,49+,50-,51+/m0/s1. The van der Waals surface area contributed by atoms with E-state index in [4.69, 9.17) is 17.2 Å². The van der Waals surface area contributed by atoms with Crippen LogP contribution in [0.4, 0.5) is 0 Å². The van der Waals surface area contributed by atoms with E-state index in [0.717, 1.165) is 59.6 Å². The van der Waals surface area contributed by atoms with Crippen molar-refractivity contribution in [2.45, 2.75) is 87.2 Å². The first kappa shape index (κ1) is 58.8. The summed E-state index contributed by atoms with van der Waals surface area (Å²) in [5.41, 5.74) is 21.7. The van der Waals surface area contributed by atoms with Gasteiger partial charge in [0.15, 0.2) is 0 Å². The lowest BCUT2D eigenvalue weighted by Crippen LogP contribution is -2.60. The van der Waals surface area contributed by atoms with Crippen molar-refractivity contribution in [1.29, 1.82) is 0 Å². The molecule has 7 atom stereocenters. The number of aromatic amines is 1. The Balaban J connectivity index is 1.10. The van der Waals surface area contributed by atoms with Crippen LogP contribution >= 0.6 is 21.6 Å². The molecule has 0 spiro atoms. The Kier molecular flexibility index (Phi) is 20.9. The number of rotatable bonds is 17. The molecule has 2 aromatic heterocycles. The Morgan fingerprint density at radius 1 is 0.654 bits per heavy atom. The zero-order valence-corrected chi connectivity index (χ0v) is 46.0. The van der Waals surface area contributed by atoms with Crippen molar-refractivity contribution in [1.82, 2.24) is 47.2 Å². The second-order valence-electron chi connectivity index (χ2n) is 19.9. The van der Waals surface area contributed by atoms with E-state index in [0.29, 0.717) is 36.1 Å². The van der Waals surface area contributed by atoms with Gasteiger partial charge in [-0.25, -0.2) is 0 Å². The molecule has 7 aromatic rings. The fourth-order valence-corrected chi connectivity index (χ4v) is 11.8. The molecule has 1 saturated heterocycles. The van der Waals surface area contributed by atoms with Crippen molar-refractivity contribution in [3.63, 3.8) is 0 Å². The maximum absolute atomic E-state index is 14.8. The summed E-state index contributed by atoms with van der Waals surface area (Å²) in [7, 11) is 2.15. The van der Waals surface area contributed by atoms with Crippen LogP contribution in [-0.2, 0) is 64.0 Å². The van der Waals surface area contributed by atoms with Crippen LogP contribution in [0.1, 0.15) is 41.5 Å². The molecule has 0 saturated carbocycles. The summed E-state index contributed by atoms with van der Waals surface area (Å²) in [6.07, 6.45) is 5.83. The number of H-pyrrole nitrogens is 1. The van der Waals surface area contributed by atoms with Crippen LogP contribution in [0.2, 0.25) is 0 Å². The fourth-order valence-electron chi connectivity index (χ4n) is 9.49.